The van der Waals surface area contributed by atoms with Crippen molar-refractivity contribution >= 4 is 17.6 Å². The van der Waals surface area contributed by atoms with Crippen molar-refractivity contribution in [1.29, 1.82) is 0 Å². The fourth-order valence-electron chi connectivity index (χ4n) is 5.64. The number of alkyl halides is 3. The third kappa shape index (κ3) is 5.27. The molecule has 1 aromatic heterocycles. The van der Waals surface area contributed by atoms with Crippen molar-refractivity contribution in [1.82, 2.24) is 14.8 Å². The van der Waals surface area contributed by atoms with E-state index >= 15 is 0 Å². The number of hydrogen-bond donors (Lipinski definition) is 0. The molecule has 202 valence electrons. The summed E-state index contributed by atoms with van der Waals surface area (Å²) in [5, 5.41) is 0. The Labute approximate surface area is 219 Å². The van der Waals surface area contributed by atoms with Crippen molar-refractivity contribution in [3.63, 3.8) is 0 Å². The van der Waals surface area contributed by atoms with Crippen LogP contribution < -0.4 is 4.90 Å². The van der Waals surface area contributed by atoms with Crippen LogP contribution in [0.3, 0.4) is 0 Å². The molecule has 1 spiro atoms. The lowest BCUT2D eigenvalue weighted by Crippen LogP contribution is -2.53. The van der Waals surface area contributed by atoms with Gasteiger partial charge in [0, 0.05) is 82.3 Å². The number of carbonyl (C=O) groups excluding carboxylic acids is 2. The summed E-state index contributed by atoms with van der Waals surface area (Å²) in [5.74, 6) is -0.650. The number of anilines is 1. The highest BCUT2D eigenvalue weighted by Crippen LogP contribution is 2.42. The minimum absolute atomic E-state index is 0.206. The second kappa shape index (κ2) is 10.4. The molecular weight excluding hydrogens is 497 g/mol. The van der Waals surface area contributed by atoms with Gasteiger partial charge in [-0.3, -0.25) is 9.78 Å². The summed E-state index contributed by atoms with van der Waals surface area (Å²) in [5.41, 5.74) is 0.902. The first kappa shape index (κ1) is 26.2. The van der Waals surface area contributed by atoms with E-state index in [4.69, 9.17) is 4.74 Å². The van der Waals surface area contributed by atoms with Gasteiger partial charge in [-0.15, -0.1) is 0 Å². The van der Waals surface area contributed by atoms with E-state index in [9.17, 15) is 22.8 Å². The minimum atomic E-state index is -4.41. The number of esters is 1. The highest BCUT2D eigenvalue weighted by atomic mass is 19.4. The second-order valence-corrected chi connectivity index (χ2v) is 10.2. The number of piperazine rings is 1. The molecule has 0 unspecified atom stereocenters. The number of ether oxygens (including phenoxy) is 1. The molecule has 1 amide bonds. The molecule has 0 radical (unpaired) electrons. The van der Waals surface area contributed by atoms with Crippen LogP contribution in [-0.2, 0) is 26.9 Å². The maximum atomic E-state index is 13.7. The van der Waals surface area contributed by atoms with Crippen LogP contribution in [0.4, 0.5) is 18.9 Å². The molecule has 0 N–H and O–H groups in total. The lowest BCUT2D eigenvalue weighted by atomic mass is 9.82. The predicted octanol–water partition coefficient (Wildman–Crippen LogP) is 3.70. The van der Waals surface area contributed by atoms with E-state index in [0.29, 0.717) is 68.9 Å². The fraction of sp³-hybridized carbons (Fsp3) is 0.464. The van der Waals surface area contributed by atoms with Gasteiger partial charge in [0.15, 0.2) is 0 Å². The SMILES string of the molecule is CC1=C(C(=O)N2CCN(c3cccc(C(F)(F)F)c3)CC2)C2(CCN(CCc3ccncc3)CC2)OC1=O. The summed E-state index contributed by atoms with van der Waals surface area (Å²) in [6.45, 7) is 5.48. The number of amides is 1. The molecule has 10 heteroatoms. The summed E-state index contributed by atoms with van der Waals surface area (Å²) in [7, 11) is 0. The molecule has 2 saturated heterocycles. The van der Waals surface area contributed by atoms with Crippen molar-refractivity contribution in [2.24, 2.45) is 0 Å². The Balaban J connectivity index is 1.22. The zero-order valence-corrected chi connectivity index (χ0v) is 21.3. The predicted molar refractivity (Wildman–Crippen MR) is 135 cm³/mol. The fourth-order valence-corrected chi connectivity index (χ4v) is 5.64. The van der Waals surface area contributed by atoms with Crippen LogP contribution in [0.1, 0.15) is 30.9 Å². The van der Waals surface area contributed by atoms with Crippen molar-refractivity contribution < 1.29 is 27.5 Å². The molecule has 0 atom stereocenters. The average molecular weight is 529 g/mol. The minimum Gasteiger partial charge on any atom is -0.450 e. The lowest BCUT2D eigenvalue weighted by Gasteiger charge is -2.42. The molecule has 0 aliphatic carbocycles. The Morgan fingerprint density at radius 3 is 2.37 bits per heavy atom. The molecule has 4 heterocycles. The van der Waals surface area contributed by atoms with Gasteiger partial charge in [-0.25, -0.2) is 4.79 Å². The monoisotopic (exact) mass is 528 g/mol. The number of benzene rings is 1. The molecule has 0 saturated carbocycles. The van der Waals surface area contributed by atoms with Crippen molar-refractivity contribution in [2.45, 2.75) is 38.0 Å². The number of nitrogens with zero attached hydrogens (tertiary/aromatic N) is 4. The summed E-state index contributed by atoms with van der Waals surface area (Å²) in [6.07, 6.45) is 1.16. The van der Waals surface area contributed by atoms with Gasteiger partial charge < -0.3 is 19.4 Å². The Bertz CT molecular complexity index is 1220. The molecule has 7 nitrogen and oxygen atoms in total. The Morgan fingerprint density at radius 1 is 1.03 bits per heavy atom. The first-order valence-electron chi connectivity index (χ1n) is 12.9. The zero-order chi connectivity index (χ0) is 26.9. The third-order valence-corrected chi connectivity index (χ3v) is 7.87. The number of carbonyl (C=O) groups is 2. The third-order valence-electron chi connectivity index (χ3n) is 7.87. The molecule has 3 aliphatic heterocycles. The van der Waals surface area contributed by atoms with Crippen molar-refractivity contribution in [2.75, 3.05) is 50.7 Å². The van der Waals surface area contributed by atoms with Crippen molar-refractivity contribution in [3.8, 4) is 0 Å². The number of aromatic nitrogens is 1. The number of hydrogen-bond acceptors (Lipinski definition) is 6. The van der Waals surface area contributed by atoms with Crippen LogP contribution in [-0.4, -0.2) is 78.1 Å². The van der Waals surface area contributed by atoms with Crippen LogP contribution in [0.2, 0.25) is 0 Å². The van der Waals surface area contributed by atoms with Crippen LogP contribution in [0.15, 0.2) is 59.9 Å². The van der Waals surface area contributed by atoms with Crippen LogP contribution >= 0.6 is 0 Å². The van der Waals surface area contributed by atoms with Gasteiger partial charge >= 0.3 is 12.1 Å². The maximum Gasteiger partial charge on any atom is 0.416 e. The van der Waals surface area contributed by atoms with E-state index in [1.54, 1.807) is 30.3 Å². The molecule has 2 fully saturated rings. The highest BCUT2D eigenvalue weighted by molar-refractivity contribution is 6.07. The van der Waals surface area contributed by atoms with E-state index in [-0.39, 0.29) is 5.91 Å². The number of likely N-dealkylation sites (tertiary alicyclic amines) is 1. The second-order valence-electron chi connectivity index (χ2n) is 10.2. The lowest BCUT2D eigenvalue weighted by molar-refractivity contribution is -0.151. The van der Waals surface area contributed by atoms with Gasteiger partial charge in [0.1, 0.15) is 5.60 Å². The standard InChI is InChI=1S/C28H31F3N4O3/c1-20-24(25(36)35-17-15-34(16-18-35)23-4-2-3-22(19-23)28(29,30)31)27(38-26(20)37)8-13-33(14-9-27)12-7-21-5-10-32-11-6-21/h2-6,10-11,19H,7-9,12-18H2,1H3. The highest BCUT2D eigenvalue weighted by Gasteiger charge is 2.51. The van der Waals surface area contributed by atoms with E-state index in [1.165, 1.54) is 11.6 Å². The first-order valence-corrected chi connectivity index (χ1v) is 12.9. The summed E-state index contributed by atoms with van der Waals surface area (Å²) in [4.78, 5) is 36.2. The van der Waals surface area contributed by atoms with E-state index < -0.39 is 23.3 Å². The molecule has 0 bridgehead atoms. The first-order chi connectivity index (χ1) is 18.2. The van der Waals surface area contributed by atoms with Crippen molar-refractivity contribution in [3.05, 3.63) is 71.1 Å². The van der Waals surface area contributed by atoms with Gasteiger partial charge in [0.2, 0.25) is 0 Å². The Morgan fingerprint density at radius 2 is 1.71 bits per heavy atom. The normalized spacial score (nSPS) is 20.3. The molecule has 5 rings (SSSR count). The van der Waals surface area contributed by atoms with Crippen LogP contribution in [0.25, 0.3) is 0 Å². The van der Waals surface area contributed by atoms with E-state index in [0.717, 1.165) is 25.1 Å². The average Bonchev–Trinajstić information content (AvgIpc) is 3.16. The smallest absolute Gasteiger partial charge is 0.416 e. The number of piperidine rings is 1. The van der Waals surface area contributed by atoms with Gasteiger partial charge in [0.25, 0.3) is 5.91 Å². The van der Waals surface area contributed by atoms with Gasteiger partial charge in [-0.2, -0.15) is 13.2 Å². The molecule has 3 aliphatic rings. The summed E-state index contributed by atoms with van der Waals surface area (Å²) >= 11 is 0. The quantitative estimate of drug-likeness (QED) is 0.552. The summed E-state index contributed by atoms with van der Waals surface area (Å²) in [6, 6.07) is 9.25. The Kier molecular flexibility index (Phi) is 7.17. The van der Waals surface area contributed by atoms with Gasteiger partial charge in [-0.1, -0.05) is 6.07 Å². The number of rotatable bonds is 5. The topological polar surface area (TPSA) is 66.0 Å². The number of pyridine rings is 1. The van der Waals surface area contributed by atoms with E-state index in [2.05, 4.69) is 9.88 Å². The van der Waals surface area contributed by atoms with Crippen LogP contribution in [0, 0.1) is 0 Å². The molecule has 38 heavy (non-hydrogen) atoms. The maximum absolute atomic E-state index is 13.7. The van der Waals surface area contributed by atoms with Gasteiger partial charge in [-0.05, 0) is 49.2 Å². The van der Waals surface area contributed by atoms with Gasteiger partial charge in [0.05, 0.1) is 11.1 Å². The number of halogens is 3. The van der Waals surface area contributed by atoms with E-state index in [1.807, 2.05) is 17.0 Å². The summed E-state index contributed by atoms with van der Waals surface area (Å²) < 4.78 is 45.3. The zero-order valence-electron chi connectivity index (χ0n) is 21.3. The van der Waals surface area contributed by atoms with Crippen LogP contribution in [0.5, 0.6) is 0 Å². The molecular formula is C28H31F3N4O3. The molecule has 1 aromatic carbocycles. The Hall–Kier alpha value is -3.40. The molecule has 2 aromatic rings. The largest absolute Gasteiger partial charge is 0.450 e.